The average Bonchev–Trinajstić information content (AvgIpc) is 2.97. The molecule has 0 radical (unpaired) electrons. The Labute approximate surface area is 231 Å². The highest BCUT2D eigenvalue weighted by Crippen LogP contribution is 2.26. The largest absolute Gasteiger partial charge is 1.00 e. The smallest absolute Gasteiger partial charge is 0.419 e. The van der Waals surface area contributed by atoms with Crippen molar-refractivity contribution in [3.8, 4) is 11.5 Å². The van der Waals surface area contributed by atoms with Gasteiger partial charge in [0, 0.05) is 44.7 Å². The second kappa shape index (κ2) is 14.7. The topological polar surface area (TPSA) is 90.0 Å². The van der Waals surface area contributed by atoms with Crippen molar-refractivity contribution in [1.82, 2.24) is 14.7 Å². The molecule has 38 heavy (non-hydrogen) atoms. The van der Waals surface area contributed by atoms with Gasteiger partial charge in [-0.1, -0.05) is 0 Å². The van der Waals surface area contributed by atoms with E-state index in [2.05, 4.69) is 0 Å². The van der Waals surface area contributed by atoms with Crippen LogP contribution in [0, 0.1) is 0 Å². The van der Waals surface area contributed by atoms with Crippen molar-refractivity contribution in [1.29, 1.82) is 0 Å². The summed E-state index contributed by atoms with van der Waals surface area (Å²) in [5.41, 5.74) is 0.878. The van der Waals surface area contributed by atoms with Gasteiger partial charge in [-0.2, -0.15) is 0 Å². The predicted octanol–water partition coefficient (Wildman–Crippen LogP) is -1.35. The summed E-state index contributed by atoms with van der Waals surface area (Å²) in [6.07, 6.45) is 0.693. The first kappa shape index (κ1) is 30.2. The highest BCUT2D eigenvalue weighted by molar-refractivity contribution is 5.74. The van der Waals surface area contributed by atoms with E-state index in [1.54, 1.807) is 14.2 Å². The molecule has 0 unspecified atom stereocenters. The molecule has 3 aliphatic rings. The van der Waals surface area contributed by atoms with Gasteiger partial charge in [0.2, 0.25) is 0 Å². The van der Waals surface area contributed by atoms with Crippen molar-refractivity contribution >= 4 is 12.1 Å². The van der Waals surface area contributed by atoms with E-state index in [4.69, 9.17) is 23.7 Å². The van der Waals surface area contributed by atoms with Crippen LogP contribution in [0.3, 0.4) is 0 Å². The van der Waals surface area contributed by atoms with Crippen LogP contribution in [0.4, 0.5) is 9.59 Å². The van der Waals surface area contributed by atoms with Crippen LogP contribution in [0.15, 0.2) is 18.2 Å². The molecule has 1 aromatic carbocycles. The lowest BCUT2D eigenvalue weighted by molar-refractivity contribution is -0.862. The van der Waals surface area contributed by atoms with E-state index >= 15 is 0 Å². The Balaban J connectivity index is 0.00000400. The summed E-state index contributed by atoms with van der Waals surface area (Å²) in [5.74, 6) is 1.42. The molecule has 3 saturated heterocycles. The second-order valence-corrected chi connectivity index (χ2v) is 9.65. The van der Waals surface area contributed by atoms with Crippen LogP contribution < -0.4 is 21.9 Å². The Morgan fingerprint density at radius 3 is 2.11 bits per heavy atom. The lowest BCUT2D eigenvalue weighted by atomic mass is 10.1. The lowest BCUT2D eigenvalue weighted by Crippen LogP contribution is -3.00. The maximum absolute atomic E-state index is 13.6. The number of amides is 4. The summed E-state index contributed by atoms with van der Waals surface area (Å²) in [5, 5.41) is 0. The monoisotopic (exact) mass is 556 g/mol. The fourth-order valence-corrected chi connectivity index (χ4v) is 5.23. The minimum absolute atomic E-state index is 0. The molecule has 3 heterocycles. The molecular weight excluding hydrogens is 516 g/mol. The molecule has 214 valence electrons. The molecule has 0 N–H and O–H groups in total. The summed E-state index contributed by atoms with van der Waals surface area (Å²) in [4.78, 5) is 32.9. The average molecular weight is 557 g/mol. The van der Waals surface area contributed by atoms with Gasteiger partial charge >= 0.3 is 12.1 Å². The molecule has 0 aliphatic carbocycles. The SMILES string of the molecule is COc1ccc(OC)c(CN(CCC[N+]2(C(=O)N3CCOCC3)CCOCC2)C(=O)N2CCOCC2)c1.[Cl-]. The molecule has 3 aliphatic heterocycles. The number of urea groups is 2. The number of quaternary nitrogens is 1. The summed E-state index contributed by atoms with van der Waals surface area (Å²) < 4.78 is 27.9. The number of methoxy groups -OCH3 is 2. The first-order valence-corrected chi connectivity index (χ1v) is 13.2. The number of carbonyl (C=O) groups excluding carboxylic acids is 2. The number of carbonyl (C=O) groups is 2. The van der Waals surface area contributed by atoms with Gasteiger partial charge in [-0.15, -0.1) is 0 Å². The summed E-state index contributed by atoms with van der Waals surface area (Å²) >= 11 is 0. The maximum atomic E-state index is 13.6. The zero-order chi connectivity index (χ0) is 26.1. The number of hydrogen-bond donors (Lipinski definition) is 0. The quantitative estimate of drug-likeness (QED) is 0.366. The van der Waals surface area contributed by atoms with Gasteiger partial charge < -0.3 is 45.9 Å². The van der Waals surface area contributed by atoms with E-state index in [1.165, 1.54) is 0 Å². The van der Waals surface area contributed by atoms with E-state index in [9.17, 15) is 9.59 Å². The van der Waals surface area contributed by atoms with E-state index < -0.39 is 0 Å². The third-order valence-corrected chi connectivity index (χ3v) is 7.43. The maximum Gasteiger partial charge on any atom is 0.419 e. The number of hydrogen-bond acceptors (Lipinski definition) is 7. The van der Waals surface area contributed by atoms with E-state index in [0.29, 0.717) is 121 Å². The number of morpholine rings is 3. The third kappa shape index (κ3) is 7.41. The Hall–Kier alpha value is -2.31. The molecule has 0 spiro atoms. The zero-order valence-corrected chi connectivity index (χ0v) is 23.3. The molecule has 1 aromatic rings. The van der Waals surface area contributed by atoms with Gasteiger partial charge in [0.15, 0.2) is 0 Å². The van der Waals surface area contributed by atoms with E-state index in [0.717, 1.165) is 5.56 Å². The minimum Gasteiger partial charge on any atom is -1.00 e. The standard InChI is InChI=1S/C26H41N4O7.ClH/c1-33-23-4-5-24(34-2)22(20-23)21-29(25(31)27-7-14-35-15-8-27)6-3-11-30(12-18-37-19-13-30)26(32)28-9-16-36-17-10-28;/h4-5,20H,3,6-19,21H2,1-2H3;1H/q+1;/p-1. The number of benzene rings is 1. The van der Waals surface area contributed by atoms with Gasteiger partial charge in [-0.05, 0) is 18.2 Å². The van der Waals surface area contributed by atoms with Crippen molar-refractivity contribution in [2.45, 2.75) is 13.0 Å². The molecule has 0 bridgehead atoms. The molecule has 0 atom stereocenters. The third-order valence-electron chi connectivity index (χ3n) is 7.43. The van der Waals surface area contributed by atoms with Crippen LogP contribution in [-0.2, 0) is 20.8 Å². The Morgan fingerprint density at radius 2 is 1.50 bits per heavy atom. The van der Waals surface area contributed by atoms with Crippen LogP contribution in [0.5, 0.6) is 11.5 Å². The predicted molar refractivity (Wildman–Crippen MR) is 136 cm³/mol. The number of rotatable bonds is 8. The normalized spacial score (nSPS) is 19.3. The van der Waals surface area contributed by atoms with Gasteiger partial charge in [0.25, 0.3) is 0 Å². The molecular formula is C26H41ClN4O7. The molecule has 4 rings (SSSR count). The van der Waals surface area contributed by atoms with Gasteiger partial charge in [0.1, 0.15) is 24.6 Å². The van der Waals surface area contributed by atoms with E-state index in [-0.39, 0.29) is 24.5 Å². The van der Waals surface area contributed by atoms with Crippen LogP contribution >= 0.6 is 0 Å². The lowest BCUT2D eigenvalue weighted by Gasteiger charge is -2.42. The summed E-state index contributed by atoms with van der Waals surface area (Å²) in [6, 6.07) is 5.74. The van der Waals surface area contributed by atoms with Crippen molar-refractivity contribution in [3.05, 3.63) is 23.8 Å². The van der Waals surface area contributed by atoms with Crippen molar-refractivity contribution < 1.29 is 50.2 Å². The van der Waals surface area contributed by atoms with Crippen LogP contribution in [0.25, 0.3) is 0 Å². The van der Waals surface area contributed by atoms with Crippen molar-refractivity contribution in [2.75, 3.05) is 106 Å². The van der Waals surface area contributed by atoms with Crippen molar-refractivity contribution in [3.63, 3.8) is 0 Å². The Bertz CT molecular complexity index is 904. The van der Waals surface area contributed by atoms with Crippen LogP contribution in [0.2, 0.25) is 0 Å². The second-order valence-electron chi connectivity index (χ2n) is 9.65. The van der Waals surface area contributed by atoms with Gasteiger partial charge in [0.05, 0.1) is 67.0 Å². The van der Waals surface area contributed by atoms with Gasteiger partial charge in [-0.3, -0.25) is 4.90 Å². The zero-order valence-electron chi connectivity index (χ0n) is 22.6. The number of halogens is 1. The molecule has 11 nitrogen and oxygen atoms in total. The Morgan fingerprint density at radius 1 is 0.895 bits per heavy atom. The number of ether oxygens (including phenoxy) is 5. The Kier molecular flexibility index (Phi) is 11.7. The number of nitrogens with zero attached hydrogens (tertiary/aromatic N) is 4. The molecule has 3 fully saturated rings. The van der Waals surface area contributed by atoms with Crippen LogP contribution in [0.1, 0.15) is 12.0 Å². The first-order valence-electron chi connectivity index (χ1n) is 13.2. The highest BCUT2D eigenvalue weighted by Gasteiger charge is 2.42. The molecule has 4 amide bonds. The van der Waals surface area contributed by atoms with E-state index in [1.807, 2.05) is 32.9 Å². The summed E-state index contributed by atoms with van der Waals surface area (Å²) in [6.45, 7) is 8.59. The molecule has 12 heteroatoms. The fourth-order valence-electron chi connectivity index (χ4n) is 5.23. The highest BCUT2D eigenvalue weighted by atomic mass is 35.5. The van der Waals surface area contributed by atoms with Crippen LogP contribution in [-0.4, -0.2) is 137 Å². The van der Waals surface area contributed by atoms with Gasteiger partial charge in [-0.25, -0.2) is 14.1 Å². The first-order chi connectivity index (χ1) is 18.1. The fraction of sp³-hybridized carbons (Fsp3) is 0.692. The van der Waals surface area contributed by atoms with Crippen molar-refractivity contribution in [2.24, 2.45) is 0 Å². The summed E-state index contributed by atoms with van der Waals surface area (Å²) in [7, 11) is 3.25. The molecule has 0 aromatic heterocycles. The minimum atomic E-state index is -0.0267. The molecule has 0 saturated carbocycles.